The molecule has 3 N–H and O–H groups in total. The first-order valence-electron chi connectivity index (χ1n) is 4.16. The van der Waals surface area contributed by atoms with Crippen molar-refractivity contribution in [1.82, 2.24) is 0 Å². The monoisotopic (exact) mass is 227 g/mol. The summed E-state index contributed by atoms with van der Waals surface area (Å²) < 4.78 is 13.0. The Morgan fingerprint density at radius 1 is 1.60 bits per heavy atom. The number of carboxylic acids is 1. The van der Waals surface area contributed by atoms with Crippen molar-refractivity contribution in [3.8, 4) is 0 Å². The zero-order valence-electron chi connectivity index (χ0n) is 7.77. The molecule has 1 aromatic rings. The Balaban J connectivity index is 3.28. The van der Waals surface area contributed by atoms with Crippen LogP contribution in [0.5, 0.6) is 0 Å². The molecular weight excluding hydrogens is 217 g/mol. The fourth-order valence-corrected chi connectivity index (χ4v) is 1.24. The van der Waals surface area contributed by atoms with Crippen LogP contribution in [0.25, 0.3) is 6.08 Å². The minimum Gasteiger partial charge on any atom is -0.478 e. The Hall–Kier alpha value is -1.49. The normalized spacial score (nSPS) is 10.8. The topological polar surface area (TPSA) is 63.3 Å². The van der Waals surface area contributed by atoms with E-state index < -0.39 is 11.8 Å². The van der Waals surface area contributed by atoms with Crippen LogP contribution in [0.2, 0.25) is 0 Å². The number of hydrogen-bond acceptors (Lipinski definition) is 3. The number of carbonyl (C=O) groups is 1. The zero-order chi connectivity index (χ0) is 11.4. The lowest BCUT2D eigenvalue weighted by Gasteiger charge is -2.05. The lowest BCUT2D eigenvalue weighted by atomic mass is 10.1. The molecule has 80 valence electrons. The van der Waals surface area contributed by atoms with E-state index in [-0.39, 0.29) is 11.3 Å². The Labute approximate surface area is 91.8 Å². The molecule has 1 rings (SSSR count). The molecule has 0 spiro atoms. The van der Waals surface area contributed by atoms with E-state index in [9.17, 15) is 9.18 Å². The van der Waals surface area contributed by atoms with Gasteiger partial charge >= 0.3 is 5.97 Å². The number of halogens is 1. The van der Waals surface area contributed by atoms with Crippen LogP contribution < -0.4 is 5.73 Å². The predicted octanol–water partition coefficient (Wildman–Crippen LogP) is 2.05. The number of carboxylic acid groups (broad SMARTS) is 1. The first-order valence-corrected chi connectivity index (χ1v) is 4.79. The van der Waals surface area contributed by atoms with Gasteiger partial charge in [-0.25, -0.2) is 9.18 Å². The number of hydrogen-bond donors (Lipinski definition) is 3. The standard InChI is InChI=1S/C10H10FNO2S/c11-7-4-6(2-1-3-15)9(12)8(5-7)10(13)14/h1-2,4-5,15H,3,12H2,(H,13,14). The molecule has 0 aliphatic carbocycles. The van der Waals surface area contributed by atoms with Crippen molar-refractivity contribution < 1.29 is 14.3 Å². The van der Waals surface area contributed by atoms with Crippen molar-refractivity contribution in [2.24, 2.45) is 0 Å². The molecule has 5 heteroatoms. The summed E-state index contributed by atoms with van der Waals surface area (Å²) in [6.07, 6.45) is 3.19. The molecule has 0 unspecified atom stereocenters. The van der Waals surface area contributed by atoms with Crippen LogP contribution in [0.3, 0.4) is 0 Å². The molecule has 0 saturated carbocycles. The van der Waals surface area contributed by atoms with Crippen molar-refractivity contribution in [2.75, 3.05) is 11.5 Å². The molecule has 0 bridgehead atoms. The number of benzene rings is 1. The van der Waals surface area contributed by atoms with Gasteiger partial charge in [-0.05, 0) is 12.1 Å². The van der Waals surface area contributed by atoms with E-state index in [1.165, 1.54) is 12.1 Å². The summed E-state index contributed by atoms with van der Waals surface area (Å²) in [4.78, 5) is 10.7. The van der Waals surface area contributed by atoms with Crippen LogP contribution in [0.4, 0.5) is 10.1 Å². The van der Waals surface area contributed by atoms with Crippen molar-refractivity contribution >= 4 is 30.4 Å². The van der Waals surface area contributed by atoms with E-state index in [1.54, 1.807) is 6.08 Å². The van der Waals surface area contributed by atoms with Gasteiger partial charge in [-0.15, -0.1) is 0 Å². The summed E-state index contributed by atoms with van der Waals surface area (Å²) in [7, 11) is 0. The molecule has 0 saturated heterocycles. The summed E-state index contributed by atoms with van der Waals surface area (Å²) in [5, 5.41) is 8.75. The molecule has 0 aromatic heterocycles. The highest BCUT2D eigenvalue weighted by Crippen LogP contribution is 2.21. The maximum atomic E-state index is 13.0. The lowest BCUT2D eigenvalue weighted by molar-refractivity contribution is 0.0697. The van der Waals surface area contributed by atoms with Gasteiger partial charge in [0.05, 0.1) is 11.3 Å². The number of nitrogen functional groups attached to an aromatic ring is 1. The largest absolute Gasteiger partial charge is 0.478 e. The second kappa shape index (κ2) is 4.84. The SMILES string of the molecule is Nc1c(C=CCS)cc(F)cc1C(=O)O. The van der Waals surface area contributed by atoms with E-state index in [0.29, 0.717) is 11.3 Å². The average molecular weight is 227 g/mol. The van der Waals surface area contributed by atoms with E-state index in [2.05, 4.69) is 12.6 Å². The maximum absolute atomic E-state index is 13.0. The number of anilines is 1. The number of aromatic carboxylic acids is 1. The Kier molecular flexibility index (Phi) is 3.74. The second-order valence-electron chi connectivity index (χ2n) is 2.85. The molecule has 1 aromatic carbocycles. The van der Waals surface area contributed by atoms with E-state index >= 15 is 0 Å². The summed E-state index contributed by atoms with van der Waals surface area (Å²) >= 11 is 3.94. The Bertz CT molecular complexity index is 418. The maximum Gasteiger partial charge on any atom is 0.337 e. The summed E-state index contributed by atoms with van der Waals surface area (Å²) in [6.45, 7) is 0. The molecule has 0 aliphatic heterocycles. The Morgan fingerprint density at radius 3 is 2.80 bits per heavy atom. The number of rotatable bonds is 3. The van der Waals surface area contributed by atoms with Gasteiger partial charge in [0.25, 0.3) is 0 Å². The van der Waals surface area contributed by atoms with Crippen molar-refractivity contribution in [3.05, 3.63) is 35.2 Å². The van der Waals surface area contributed by atoms with Crippen LogP contribution in [0, 0.1) is 5.82 Å². The van der Waals surface area contributed by atoms with Crippen LogP contribution in [-0.2, 0) is 0 Å². The predicted molar refractivity (Wildman–Crippen MR) is 60.7 cm³/mol. The van der Waals surface area contributed by atoms with Gasteiger partial charge in [-0.1, -0.05) is 12.2 Å². The van der Waals surface area contributed by atoms with Gasteiger partial charge in [0, 0.05) is 11.3 Å². The average Bonchev–Trinajstić information content (AvgIpc) is 2.18. The first kappa shape index (κ1) is 11.6. The van der Waals surface area contributed by atoms with Crippen LogP contribution in [-0.4, -0.2) is 16.8 Å². The fraction of sp³-hybridized carbons (Fsp3) is 0.100. The van der Waals surface area contributed by atoms with Crippen molar-refractivity contribution in [1.29, 1.82) is 0 Å². The molecule has 0 amide bonds. The third-order valence-electron chi connectivity index (χ3n) is 1.81. The van der Waals surface area contributed by atoms with E-state index in [1.807, 2.05) is 0 Å². The van der Waals surface area contributed by atoms with Crippen LogP contribution >= 0.6 is 12.6 Å². The molecule has 15 heavy (non-hydrogen) atoms. The van der Waals surface area contributed by atoms with E-state index in [4.69, 9.17) is 10.8 Å². The van der Waals surface area contributed by atoms with Gasteiger partial charge in [-0.2, -0.15) is 12.6 Å². The van der Waals surface area contributed by atoms with Crippen LogP contribution in [0.15, 0.2) is 18.2 Å². The number of nitrogens with two attached hydrogens (primary N) is 1. The second-order valence-corrected chi connectivity index (χ2v) is 3.21. The summed E-state index contributed by atoms with van der Waals surface area (Å²) in [5.41, 5.74) is 5.75. The first-order chi connectivity index (χ1) is 7.06. The highest BCUT2D eigenvalue weighted by atomic mass is 32.1. The van der Waals surface area contributed by atoms with Crippen molar-refractivity contribution in [3.63, 3.8) is 0 Å². The summed E-state index contributed by atoms with van der Waals surface area (Å²) in [6, 6.07) is 2.08. The van der Waals surface area contributed by atoms with Gasteiger partial charge in [-0.3, -0.25) is 0 Å². The van der Waals surface area contributed by atoms with Gasteiger partial charge in [0.15, 0.2) is 0 Å². The third kappa shape index (κ3) is 2.73. The minimum atomic E-state index is -1.24. The molecule has 3 nitrogen and oxygen atoms in total. The molecular formula is C10H10FNO2S. The molecule has 0 atom stereocenters. The highest BCUT2D eigenvalue weighted by Gasteiger charge is 2.12. The summed E-state index contributed by atoms with van der Waals surface area (Å²) in [5.74, 6) is -1.40. The van der Waals surface area contributed by atoms with Crippen molar-refractivity contribution in [2.45, 2.75) is 0 Å². The minimum absolute atomic E-state index is 0.0573. The molecule has 0 radical (unpaired) electrons. The number of thiol groups is 1. The molecule has 0 fully saturated rings. The highest BCUT2D eigenvalue weighted by molar-refractivity contribution is 7.80. The smallest absolute Gasteiger partial charge is 0.337 e. The molecule has 0 heterocycles. The fourth-order valence-electron chi connectivity index (χ4n) is 1.13. The zero-order valence-corrected chi connectivity index (χ0v) is 8.67. The van der Waals surface area contributed by atoms with Gasteiger partial charge < -0.3 is 10.8 Å². The Morgan fingerprint density at radius 2 is 2.27 bits per heavy atom. The van der Waals surface area contributed by atoms with Crippen LogP contribution in [0.1, 0.15) is 15.9 Å². The third-order valence-corrected chi connectivity index (χ3v) is 2.02. The van der Waals surface area contributed by atoms with E-state index in [0.717, 1.165) is 6.07 Å². The quantitative estimate of drug-likeness (QED) is 0.547. The molecule has 0 aliphatic rings. The lowest BCUT2D eigenvalue weighted by Crippen LogP contribution is -2.05. The van der Waals surface area contributed by atoms with Gasteiger partial charge in [0.2, 0.25) is 0 Å². The van der Waals surface area contributed by atoms with Gasteiger partial charge in [0.1, 0.15) is 5.82 Å².